The Balaban J connectivity index is 1.67. The first-order valence-electron chi connectivity index (χ1n) is 13.1. The second-order valence-electron chi connectivity index (χ2n) is 9.22. The van der Waals surface area contributed by atoms with Gasteiger partial charge in [0.05, 0.1) is 0 Å². The molecule has 190 valence electrons. The SMILES string of the molecule is CCN1C=C\C(=C/C=C(\N=C(\B(c2ccccc2)c2ccccc2)c2ccccc2)C(=O)O)c2ccccc21. The minimum absolute atomic E-state index is 0.0259. The normalized spacial score (nSPS) is 14.3. The average Bonchev–Trinajstić information content (AvgIpc) is 2.99. The third-order valence-corrected chi connectivity index (χ3v) is 6.79. The van der Waals surface area contributed by atoms with Gasteiger partial charge in [0.15, 0.2) is 0 Å². The van der Waals surface area contributed by atoms with Crippen LogP contribution < -0.4 is 15.8 Å². The van der Waals surface area contributed by atoms with Crippen LogP contribution in [0.25, 0.3) is 5.57 Å². The molecular formula is C34H29BN2O2. The summed E-state index contributed by atoms with van der Waals surface area (Å²) < 4.78 is 0. The van der Waals surface area contributed by atoms with Crippen molar-refractivity contribution in [1.82, 2.24) is 0 Å². The maximum absolute atomic E-state index is 12.5. The van der Waals surface area contributed by atoms with Gasteiger partial charge in [0.25, 0.3) is 6.71 Å². The first kappa shape index (κ1) is 25.7. The Morgan fingerprint density at radius 3 is 1.97 bits per heavy atom. The smallest absolute Gasteiger partial charge is 0.354 e. The number of hydrogen-bond acceptors (Lipinski definition) is 3. The van der Waals surface area contributed by atoms with E-state index < -0.39 is 5.97 Å². The van der Waals surface area contributed by atoms with Gasteiger partial charge in [0.2, 0.25) is 0 Å². The predicted octanol–water partition coefficient (Wildman–Crippen LogP) is 5.73. The number of aliphatic carboxylic acids is 1. The number of fused-ring (bicyclic) bond motifs is 1. The number of para-hydroxylation sites is 1. The van der Waals surface area contributed by atoms with Crippen LogP contribution in [0.1, 0.15) is 18.1 Å². The highest BCUT2D eigenvalue weighted by Crippen LogP contribution is 2.32. The van der Waals surface area contributed by atoms with Crippen LogP contribution in [0.4, 0.5) is 5.69 Å². The van der Waals surface area contributed by atoms with E-state index in [-0.39, 0.29) is 12.4 Å². The molecule has 0 unspecified atom stereocenters. The van der Waals surface area contributed by atoms with Gasteiger partial charge in [-0.3, -0.25) is 4.99 Å². The molecule has 4 aromatic carbocycles. The van der Waals surface area contributed by atoms with Gasteiger partial charge >= 0.3 is 5.97 Å². The quantitative estimate of drug-likeness (QED) is 0.188. The molecule has 0 spiro atoms. The molecular weight excluding hydrogens is 479 g/mol. The van der Waals surface area contributed by atoms with Crippen molar-refractivity contribution in [3.8, 4) is 0 Å². The first-order valence-corrected chi connectivity index (χ1v) is 13.1. The lowest BCUT2D eigenvalue weighted by molar-refractivity contribution is -0.132. The van der Waals surface area contributed by atoms with Crippen LogP contribution >= 0.6 is 0 Å². The van der Waals surface area contributed by atoms with Gasteiger partial charge in [-0.05, 0) is 36.3 Å². The van der Waals surface area contributed by atoms with Gasteiger partial charge < -0.3 is 10.0 Å². The van der Waals surface area contributed by atoms with Crippen LogP contribution in [0, 0.1) is 0 Å². The number of carbonyl (C=O) groups is 1. The summed E-state index contributed by atoms with van der Waals surface area (Å²) in [7, 11) is 0. The van der Waals surface area contributed by atoms with Crippen LogP contribution in [0.3, 0.4) is 0 Å². The molecule has 1 aliphatic heterocycles. The van der Waals surface area contributed by atoms with E-state index in [0.717, 1.165) is 39.9 Å². The lowest BCUT2D eigenvalue weighted by Gasteiger charge is -2.26. The molecule has 0 aromatic heterocycles. The van der Waals surface area contributed by atoms with Crippen molar-refractivity contribution in [3.05, 3.63) is 157 Å². The Labute approximate surface area is 230 Å². The number of nitrogens with zero attached hydrogens (tertiary/aromatic N) is 2. The highest BCUT2D eigenvalue weighted by atomic mass is 16.4. The van der Waals surface area contributed by atoms with E-state index in [1.165, 1.54) is 0 Å². The number of benzene rings is 4. The molecule has 5 heteroatoms. The molecule has 0 amide bonds. The minimum atomic E-state index is -1.08. The largest absolute Gasteiger partial charge is 0.477 e. The summed E-state index contributed by atoms with van der Waals surface area (Å²) in [5, 5.41) is 10.3. The molecule has 5 rings (SSSR count). The second kappa shape index (κ2) is 12.1. The van der Waals surface area contributed by atoms with Gasteiger partial charge in [-0.2, -0.15) is 0 Å². The van der Waals surface area contributed by atoms with Crippen LogP contribution in [0.2, 0.25) is 0 Å². The molecule has 1 N–H and O–H groups in total. The highest BCUT2D eigenvalue weighted by molar-refractivity contribution is 7.10. The standard InChI is InChI=1S/C34H29BN2O2/c1-2-37-25-24-26(30-20-12-13-21-32(30)37)22-23-31(34(38)39)36-33(27-14-6-3-7-15-27)35(28-16-8-4-9-17-28)29-18-10-5-11-19-29/h3-25H,2H2,1H3,(H,38,39)/b26-22+,31-23-,36-33+. The Kier molecular flexibility index (Phi) is 7.99. The van der Waals surface area contributed by atoms with E-state index in [4.69, 9.17) is 4.99 Å². The number of rotatable bonds is 8. The van der Waals surface area contributed by atoms with E-state index >= 15 is 0 Å². The zero-order valence-electron chi connectivity index (χ0n) is 21.8. The zero-order chi connectivity index (χ0) is 27.0. The van der Waals surface area contributed by atoms with Gasteiger partial charge in [-0.15, -0.1) is 0 Å². The molecule has 0 bridgehead atoms. The molecule has 1 heterocycles. The molecule has 4 aromatic rings. The van der Waals surface area contributed by atoms with E-state index in [0.29, 0.717) is 5.61 Å². The predicted molar refractivity (Wildman–Crippen MR) is 163 cm³/mol. The van der Waals surface area contributed by atoms with Crippen LogP contribution in [-0.2, 0) is 4.79 Å². The van der Waals surface area contributed by atoms with Crippen molar-refractivity contribution < 1.29 is 9.90 Å². The average molecular weight is 508 g/mol. The van der Waals surface area contributed by atoms with Gasteiger partial charge in [-0.1, -0.05) is 126 Å². The fourth-order valence-corrected chi connectivity index (χ4v) is 4.89. The van der Waals surface area contributed by atoms with Crippen molar-refractivity contribution in [2.75, 3.05) is 11.4 Å². The van der Waals surface area contributed by atoms with E-state index in [1.807, 2.05) is 97.2 Å². The lowest BCUT2D eigenvalue weighted by atomic mass is 9.36. The minimum Gasteiger partial charge on any atom is -0.477 e. The van der Waals surface area contributed by atoms with Gasteiger partial charge in [0.1, 0.15) is 5.70 Å². The molecule has 1 aliphatic rings. The van der Waals surface area contributed by atoms with Crippen molar-refractivity contribution in [2.24, 2.45) is 4.99 Å². The highest BCUT2D eigenvalue weighted by Gasteiger charge is 2.27. The lowest BCUT2D eigenvalue weighted by Crippen LogP contribution is -2.49. The summed E-state index contributed by atoms with van der Waals surface area (Å²) in [5.41, 5.74) is 6.70. The van der Waals surface area contributed by atoms with Crippen LogP contribution in [-0.4, -0.2) is 29.9 Å². The van der Waals surface area contributed by atoms with Crippen molar-refractivity contribution in [3.63, 3.8) is 0 Å². The maximum atomic E-state index is 12.5. The molecule has 0 fully saturated rings. The third-order valence-electron chi connectivity index (χ3n) is 6.79. The number of aliphatic imine (C=N–C) groups is 1. The summed E-state index contributed by atoms with van der Waals surface area (Å²) in [5.74, 6) is -1.08. The number of carboxylic acid groups (broad SMARTS) is 1. The molecule has 39 heavy (non-hydrogen) atoms. The molecule has 0 saturated carbocycles. The second-order valence-corrected chi connectivity index (χ2v) is 9.22. The molecule has 0 saturated heterocycles. The van der Waals surface area contributed by atoms with E-state index in [9.17, 15) is 9.90 Å². The molecule has 0 atom stereocenters. The summed E-state index contributed by atoms with van der Waals surface area (Å²) in [6, 6.07) is 38.2. The van der Waals surface area contributed by atoms with Crippen molar-refractivity contribution >= 4 is 40.5 Å². The summed E-state index contributed by atoms with van der Waals surface area (Å²) in [6.45, 7) is 2.70. The van der Waals surface area contributed by atoms with Gasteiger partial charge in [-0.25, -0.2) is 4.79 Å². The number of carboxylic acids is 1. The fourth-order valence-electron chi connectivity index (χ4n) is 4.89. The maximum Gasteiger partial charge on any atom is 0.354 e. The Morgan fingerprint density at radius 1 is 0.821 bits per heavy atom. The summed E-state index contributed by atoms with van der Waals surface area (Å²) >= 11 is 0. The van der Waals surface area contributed by atoms with E-state index in [2.05, 4.69) is 48.2 Å². The molecule has 0 radical (unpaired) electrons. The zero-order valence-corrected chi connectivity index (χ0v) is 21.8. The number of anilines is 1. The van der Waals surface area contributed by atoms with Crippen LogP contribution in [0.15, 0.2) is 150 Å². The Bertz CT molecular complexity index is 1520. The Hall–Kier alpha value is -4.90. The number of allylic oxidation sites excluding steroid dienone is 4. The topological polar surface area (TPSA) is 52.9 Å². The van der Waals surface area contributed by atoms with Crippen LogP contribution in [0.5, 0.6) is 0 Å². The van der Waals surface area contributed by atoms with Gasteiger partial charge in [0, 0.05) is 29.6 Å². The van der Waals surface area contributed by atoms with E-state index in [1.54, 1.807) is 6.08 Å². The molecule has 0 aliphatic carbocycles. The Morgan fingerprint density at radius 2 is 1.38 bits per heavy atom. The van der Waals surface area contributed by atoms with Crippen molar-refractivity contribution in [2.45, 2.75) is 6.92 Å². The summed E-state index contributed by atoms with van der Waals surface area (Å²) in [6.07, 6.45) is 7.50. The first-order chi connectivity index (χ1) is 19.2. The monoisotopic (exact) mass is 508 g/mol. The third kappa shape index (κ3) is 5.83. The fraction of sp³-hybridized carbons (Fsp3) is 0.0588. The number of hydrogen-bond donors (Lipinski definition) is 1. The van der Waals surface area contributed by atoms with Crippen molar-refractivity contribution in [1.29, 1.82) is 0 Å². The summed E-state index contributed by atoms with van der Waals surface area (Å²) in [4.78, 5) is 19.6. The molecule has 4 nitrogen and oxygen atoms in total.